The van der Waals surface area contributed by atoms with Gasteiger partial charge >= 0.3 is 17.9 Å². The van der Waals surface area contributed by atoms with Gasteiger partial charge in [-0.1, -0.05) is 35.3 Å². The Morgan fingerprint density at radius 1 is 1.21 bits per heavy atom. The zero-order valence-electron chi connectivity index (χ0n) is 17.8. The van der Waals surface area contributed by atoms with Crippen LogP contribution in [0.25, 0.3) is 6.08 Å². The number of imide groups is 1. The highest BCUT2D eigenvalue weighted by molar-refractivity contribution is 6.22. The molecule has 1 atom stereocenters. The number of hydrogen-bond acceptors (Lipinski definition) is 8. The molecule has 2 aliphatic heterocycles. The summed E-state index contributed by atoms with van der Waals surface area (Å²) in [5.74, 6) is 0.186. The molecule has 33 heavy (non-hydrogen) atoms. The predicted molar refractivity (Wildman–Crippen MR) is 119 cm³/mol. The molecule has 168 valence electrons. The topological polar surface area (TPSA) is 137 Å². The van der Waals surface area contributed by atoms with Crippen molar-refractivity contribution in [2.45, 2.75) is 12.6 Å². The Kier molecular flexibility index (Phi) is 5.81. The molecule has 0 radical (unpaired) electrons. The summed E-state index contributed by atoms with van der Waals surface area (Å²) >= 11 is 0. The first-order valence-corrected chi connectivity index (χ1v) is 9.88. The fraction of sp³-hybridized carbons (Fsp3) is 0.190. The molecule has 2 aliphatic rings. The second-order valence-electron chi connectivity index (χ2n) is 7.23. The Morgan fingerprint density at radius 2 is 1.97 bits per heavy atom. The normalized spacial score (nSPS) is 18.5. The molecule has 0 saturated carbocycles. The van der Waals surface area contributed by atoms with Gasteiger partial charge in [0.05, 0.1) is 18.8 Å². The van der Waals surface area contributed by atoms with Gasteiger partial charge in [0.25, 0.3) is 5.91 Å². The minimum absolute atomic E-state index is 0.299. The lowest BCUT2D eigenvalue weighted by Gasteiger charge is -2.31. The van der Waals surface area contributed by atoms with Gasteiger partial charge in [0.15, 0.2) is 0 Å². The smallest absolute Gasteiger partial charge is 0.401 e. The van der Waals surface area contributed by atoms with Crippen molar-refractivity contribution >= 4 is 41.9 Å². The number of amides is 3. The minimum atomic E-state index is -0.769. The number of nitrogens with one attached hydrogen (secondary N) is 1. The van der Waals surface area contributed by atoms with Crippen molar-refractivity contribution < 1.29 is 23.5 Å². The third-order valence-electron chi connectivity index (χ3n) is 5.10. The maximum atomic E-state index is 12.9. The van der Waals surface area contributed by atoms with Crippen LogP contribution in [0.4, 0.5) is 10.7 Å². The van der Waals surface area contributed by atoms with Crippen LogP contribution in [0.2, 0.25) is 0 Å². The van der Waals surface area contributed by atoms with E-state index in [0.29, 0.717) is 24.1 Å². The van der Waals surface area contributed by atoms with Crippen LogP contribution in [-0.4, -0.2) is 69.4 Å². The number of furan rings is 1. The highest BCUT2D eigenvalue weighted by Gasteiger charge is 2.51. The molecule has 1 N–H and O–H groups in total. The van der Waals surface area contributed by atoms with Gasteiger partial charge in [-0.05, 0) is 23.8 Å². The minimum Gasteiger partial charge on any atom is -0.401 e. The Bertz CT molecular complexity index is 1230. The molecule has 1 aromatic heterocycles. The van der Waals surface area contributed by atoms with Gasteiger partial charge in [0.1, 0.15) is 10.7 Å². The number of amidine groups is 1. The van der Waals surface area contributed by atoms with Crippen molar-refractivity contribution in [1.82, 2.24) is 15.2 Å². The van der Waals surface area contributed by atoms with Gasteiger partial charge < -0.3 is 4.42 Å². The molecule has 1 fully saturated rings. The first-order chi connectivity index (χ1) is 15.9. The quantitative estimate of drug-likeness (QED) is 0.308. The van der Waals surface area contributed by atoms with E-state index in [-0.39, 0.29) is 11.8 Å². The fourth-order valence-electron chi connectivity index (χ4n) is 3.44. The van der Waals surface area contributed by atoms with Crippen LogP contribution in [-0.2, 0) is 11.3 Å². The number of carbonyl (C=O) groups excluding carboxylic acids is 2. The molecule has 12 nitrogen and oxygen atoms in total. The summed E-state index contributed by atoms with van der Waals surface area (Å²) in [7, 11) is 3.00. The molecule has 12 heteroatoms. The van der Waals surface area contributed by atoms with Crippen LogP contribution in [0.1, 0.15) is 11.3 Å². The van der Waals surface area contributed by atoms with E-state index in [1.54, 1.807) is 11.6 Å². The number of hydrazone groups is 1. The number of benzene rings is 1. The van der Waals surface area contributed by atoms with Crippen LogP contribution in [0, 0.1) is 10.1 Å². The number of carbonyl (C=O) groups is 2. The van der Waals surface area contributed by atoms with E-state index in [1.165, 1.54) is 42.4 Å². The molecule has 0 aliphatic carbocycles. The van der Waals surface area contributed by atoms with Crippen LogP contribution in [0.3, 0.4) is 0 Å². The van der Waals surface area contributed by atoms with E-state index in [4.69, 9.17) is 4.42 Å². The Hall–Kier alpha value is -4.61. The van der Waals surface area contributed by atoms with E-state index >= 15 is 0 Å². The van der Waals surface area contributed by atoms with Crippen molar-refractivity contribution in [3.8, 4) is 0 Å². The third kappa shape index (κ3) is 4.26. The van der Waals surface area contributed by atoms with Gasteiger partial charge in [0.2, 0.25) is 11.9 Å². The summed E-state index contributed by atoms with van der Waals surface area (Å²) in [5, 5.41) is 14.8. The van der Waals surface area contributed by atoms with E-state index < -0.39 is 17.0 Å². The Morgan fingerprint density at radius 3 is 2.67 bits per heavy atom. The van der Waals surface area contributed by atoms with Gasteiger partial charge in [-0.15, -0.1) is 5.10 Å². The van der Waals surface area contributed by atoms with E-state index in [9.17, 15) is 19.7 Å². The lowest BCUT2D eigenvalue weighted by atomic mass is 10.1. The van der Waals surface area contributed by atoms with Crippen molar-refractivity contribution in [3.05, 3.63) is 70.0 Å². The van der Waals surface area contributed by atoms with Crippen LogP contribution in [0.15, 0.2) is 63.1 Å². The first kappa shape index (κ1) is 21.6. The largest absolute Gasteiger partial charge is 0.433 e. The number of nitro groups is 1. The number of guanidine groups is 1. The fourth-order valence-corrected chi connectivity index (χ4v) is 3.44. The first-order valence-electron chi connectivity index (χ1n) is 9.88. The van der Waals surface area contributed by atoms with Crippen molar-refractivity contribution in [2.24, 2.45) is 10.1 Å². The van der Waals surface area contributed by atoms with Gasteiger partial charge in [-0.2, -0.15) is 5.43 Å². The summed E-state index contributed by atoms with van der Waals surface area (Å²) in [6.45, 7) is 0.365. The van der Waals surface area contributed by atoms with Crippen molar-refractivity contribution in [1.29, 1.82) is 0 Å². The summed E-state index contributed by atoms with van der Waals surface area (Å²) in [6, 6.07) is 11.0. The Labute approximate surface area is 188 Å². The summed E-state index contributed by atoms with van der Waals surface area (Å²) in [6.07, 6.45) is 4.45. The molecule has 1 saturated heterocycles. The number of allylic oxidation sites excluding steroid dienone is 1. The number of urea groups is 1. The lowest BCUT2D eigenvalue weighted by Crippen LogP contribution is -2.61. The second-order valence-corrected chi connectivity index (χ2v) is 7.23. The van der Waals surface area contributed by atoms with E-state index in [1.807, 2.05) is 30.3 Å². The van der Waals surface area contributed by atoms with Crippen LogP contribution < -0.4 is 5.43 Å². The molecule has 2 aromatic rings. The van der Waals surface area contributed by atoms with E-state index in [0.717, 1.165) is 10.5 Å². The zero-order valence-corrected chi connectivity index (χ0v) is 17.8. The number of hydrogen-bond donors (Lipinski definition) is 1. The van der Waals surface area contributed by atoms with Crippen molar-refractivity contribution in [2.75, 3.05) is 14.1 Å². The molecular formula is C21H20N7O5+. The number of fused-ring (bicyclic) bond motifs is 1. The standard InChI is InChI=1S/C21H19N7O5/c1-25-18-17(19(29)26(2)21(25)30)27(13-14-7-4-3-5-8-14)20(23-18)24-22-12-6-9-15-10-11-16(33-15)28(31)32/h3-12,17H,13H2,1-2H3/p+1/b9-6+,22-12-. The SMILES string of the molecule is CN1C(=O)C2C(=NC(N/N=C\C=C\c3ccc([N+](=O)[O-])o3)=[N+]2Cc2ccccc2)N(C)C1=O. The van der Waals surface area contributed by atoms with Gasteiger partial charge in [-0.3, -0.25) is 24.7 Å². The molecule has 1 unspecified atom stereocenters. The third-order valence-corrected chi connectivity index (χ3v) is 5.10. The molecule has 0 spiro atoms. The van der Waals surface area contributed by atoms with Gasteiger partial charge in [-0.25, -0.2) is 9.37 Å². The van der Waals surface area contributed by atoms with Crippen molar-refractivity contribution in [3.63, 3.8) is 0 Å². The predicted octanol–water partition coefficient (Wildman–Crippen LogP) is 1.65. The number of nitrogens with zero attached hydrogens (tertiary/aromatic N) is 6. The molecule has 3 amide bonds. The maximum Gasteiger partial charge on any atom is 0.433 e. The van der Waals surface area contributed by atoms with Crippen LogP contribution >= 0.6 is 0 Å². The molecule has 1 aromatic carbocycles. The lowest BCUT2D eigenvalue weighted by molar-refractivity contribution is -0.553. The van der Waals surface area contributed by atoms with Crippen LogP contribution in [0.5, 0.6) is 0 Å². The Balaban J connectivity index is 1.56. The highest BCUT2D eigenvalue weighted by Crippen LogP contribution is 2.20. The second kappa shape index (κ2) is 8.86. The summed E-state index contributed by atoms with van der Waals surface area (Å²) in [4.78, 5) is 42.2. The molecule has 3 heterocycles. The summed E-state index contributed by atoms with van der Waals surface area (Å²) < 4.78 is 6.77. The molecule has 0 bridgehead atoms. The van der Waals surface area contributed by atoms with Gasteiger partial charge in [0, 0.05) is 14.1 Å². The monoisotopic (exact) mass is 450 g/mol. The average Bonchev–Trinajstić information content (AvgIpc) is 3.42. The molecule has 4 rings (SSSR count). The number of rotatable bonds is 6. The summed E-state index contributed by atoms with van der Waals surface area (Å²) in [5.41, 5.74) is 3.77. The average molecular weight is 450 g/mol. The molecular weight excluding hydrogens is 430 g/mol. The maximum absolute atomic E-state index is 12.9. The number of likely N-dealkylation sites (N-methyl/N-ethyl adjacent to an activating group) is 2. The van der Waals surface area contributed by atoms with E-state index in [2.05, 4.69) is 15.5 Å². The number of aliphatic imine (C=N–C) groups is 1. The zero-order chi connectivity index (χ0) is 23.5. The highest BCUT2D eigenvalue weighted by atomic mass is 16.6.